The Balaban J connectivity index is 1.68. The highest BCUT2D eigenvalue weighted by Crippen LogP contribution is 2.21. The van der Waals surface area contributed by atoms with Gasteiger partial charge in [0.25, 0.3) is 0 Å². The summed E-state index contributed by atoms with van der Waals surface area (Å²) in [7, 11) is 0. The van der Waals surface area contributed by atoms with Crippen LogP contribution in [0.2, 0.25) is 0 Å². The molecule has 0 fully saturated rings. The van der Waals surface area contributed by atoms with Gasteiger partial charge >= 0.3 is 0 Å². The second-order valence-corrected chi connectivity index (χ2v) is 8.08. The van der Waals surface area contributed by atoms with Crippen LogP contribution in [-0.4, -0.2) is 25.8 Å². The quantitative estimate of drug-likeness (QED) is 0.251. The molecule has 2 aliphatic rings. The van der Waals surface area contributed by atoms with Gasteiger partial charge in [-0.15, -0.1) is 11.6 Å². The smallest absolute Gasteiger partial charge is 0.0659 e. The predicted molar refractivity (Wildman–Crippen MR) is 127 cm³/mol. The molecule has 5 heteroatoms. The first-order chi connectivity index (χ1) is 14.7. The largest absolute Gasteiger partial charge is 0.355 e. The van der Waals surface area contributed by atoms with Crippen LogP contribution in [0.25, 0.3) is 46.4 Å². The first kappa shape index (κ1) is 18.9. The number of hydrogen-bond acceptors (Lipinski definition) is 2. The standard InChI is InChI=1S/C25H23ClN4/c26-11-3-1-2-4-17-12-24-15-22-8-7-20(28-22)13-18-5-6-19(27-18)14-21-9-10-23(29-21)16-25(17)30-24/h5-10,12-16,28,30H,1-4,11H2. The molecule has 0 atom stereocenters. The molecule has 3 aromatic heterocycles. The lowest BCUT2D eigenvalue weighted by Gasteiger charge is -1.98. The van der Waals surface area contributed by atoms with E-state index in [1.54, 1.807) is 0 Å². The van der Waals surface area contributed by atoms with Gasteiger partial charge < -0.3 is 9.97 Å². The second kappa shape index (κ2) is 8.33. The first-order valence-corrected chi connectivity index (χ1v) is 10.9. The van der Waals surface area contributed by atoms with Gasteiger partial charge in [0, 0.05) is 27.9 Å². The number of fused-ring (bicyclic) bond motifs is 8. The van der Waals surface area contributed by atoms with E-state index in [4.69, 9.17) is 16.6 Å². The van der Waals surface area contributed by atoms with Gasteiger partial charge in [0.1, 0.15) is 0 Å². The Morgan fingerprint density at radius 3 is 2.03 bits per heavy atom. The maximum absolute atomic E-state index is 5.84. The summed E-state index contributed by atoms with van der Waals surface area (Å²) in [5.41, 5.74) is 9.32. The Kier molecular flexibility index (Phi) is 5.24. The first-order valence-electron chi connectivity index (χ1n) is 10.4. The van der Waals surface area contributed by atoms with E-state index >= 15 is 0 Å². The average Bonchev–Trinajstić information content (AvgIpc) is 3.51. The van der Waals surface area contributed by atoms with Crippen molar-refractivity contribution >= 4 is 58.0 Å². The fourth-order valence-corrected chi connectivity index (χ4v) is 4.06. The molecule has 150 valence electrons. The van der Waals surface area contributed by atoms with Gasteiger partial charge in [0.2, 0.25) is 0 Å². The summed E-state index contributed by atoms with van der Waals surface area (Å²) in [5.74, 6) is 0.730. The third-order valence-electron chi connectivity index (χ3n) is 5.33. The van der Waals surface area contributed by atoms with Crippen LogP contribution in [0.1, 0.15) is 47.6 Å². The van der Waals surface area contributed by atoms with Crippen LogP contribution in [0.5, 0.6) is 0 Å². The summed E-state index contributed by atoms with van der Waals surface area (Å²) in [6.45, 7) is 0. The lowest BCUT2D eigenvalue weighted by molar-refractivity contribution is 0.723. The van der Waals surface area contributed by atoms with E-state index < -0.39 is 0 Å². The minimum Gasteiger partial charge on any atom is -0.355 e. The zero-order chi connectivity index (χ0) is 20.3. The van der Waals surface area contributed by atoms with E-state index in [0.717, 1.165) is 76.4 Å². The van der Waals surface area contributed by atoms with Gasteiger partial charge in [-0.3, -0.25) is 0 Å². The van der Waals surface area contributed by atoms with Crippen molar-refractivity contribution in [2.24, 2.45) is 0 Å². The summed E-state index contributed by atoms with van der Waals surface area (Å²) < 4.78 is 0. The normalized spacial score (nSPS) is 12.6. The Bertz CT molecular complexity index is 1290. The maximum Gasteiger partial charge on any atom is 0.0659 e. The monoisotopic (exact) mass is 414 g/mol. The highest BCUT2D eigenvalue weighted by molar-refractivity contribution is 6.17. The van der Waals surface area contributed by atoms with Crippen molar-refractivity contribution in [1.29, 1.82) is 0 Å². The summed E-state index contributed by atoms with van der Waals surface area (Å²) in [4.78, 5) is 16.5. The molecule has 0 spiro atoms. The van der Waals surface area contributed by atoms with Crippen LogP contribution in [0.4, 0.5) is 0 Å². The number of nitrogens with zero attached hydrogens (tertiary/aromatic N) is 2. The Morgan fingerprint density at radius 1 is 0.633 bits per heavy atom. The van der Waals surface area contributed by atoms with E-state index in [0.29, 0.717) is 0 Å². The SMILES string of the molecule is ClCCCCCc1cc2cc3ccc(cc4nc(cc5nc(cc1[nH]2)C=C5)C=C4)[nH]3. The molecule has 4 nitrogen and oxygen atoms in total. The number of halogens is 1. The number of aryl methyl sites for hydroxylation is 1. The molecule has 30 heavy (non-hydrogen) atoms. The third kappa shape index (κ3) is 4.24. The van der Waals surface area contributed by atoms with Gasteiger partial charge in [0.15, 0.2) is 0 Å². The van der Waals surface area contributed by atoms with Crippen molar-refractivity contribution in [2.45, 2.75) is 25.7 Å². The number of hydrogen-bond donors (Lipinski definition) is 2. The molecule has 2 N–H and O–H groups in total. The molecule has 0 aliphatic carbocycles. The van der Waals surface area contributed by atoms with Gasteiger partial charge in [0.05, 0.1) is 22.8 Å². The summed E-state index contributed by atoms with van der Waals surface area (Å²) >= 11 is 5.84. The minimum absolute atomic E-state index is 0.730. The van der Waals surface area contributed by atoms with Crippen LogP contribution in [0, 0.1) is 0 Å². The Hall–Kier alpha value is -3.11. The van der Waals surface area contributed by atoms with Crippen LogP contribution in [0.15, 0.2) is 42.5 Å². The van der Waals surface area contributed by atoms with E-state index in [-0.39, 0.29) is 0 Å². The van der Waals surface area contributed by atoms with Crippen molar-refractivity contribution in [3.63, 3.8) is 0 Å². The van der Waals surface area contributed by atoms with Crippen LogP contribution >= 0.6 is 11.6 Å². The fourth-order valence-electron chi connectivity index (χ4n) is 3.87. The number of alkyl halides is 1. The topological polar surface area (TPSA) is 57.4 Å². The Morgan fingerprint density at radius 2 is 1.30 bits per heavy atom. The fraction of sp³-hybridized carbons (Fsp3) is 0.200. The summed E-state index contributed by atoms with van der Waals surface area (Å²) in [6.07, 6.45) is 12.5. The van der Waals surface area contributed by atoms with E-state index in [2.05, 4.69) is 57.4 Å². The van der Waals surface area contributed by atoms with Crippen molar-refractivity contribution in [2.75, 3.05) is 5.88 Å². The zero-order valence-electron chi connectivity index (χ0n) is 16.7. The van der Waals surface area contributed by atoms with E-state index in [9.17, 15) is 0 Å². The predicted octanol–water partition coefficient (Wildman–Crippen LogP) is 6.61. The summed E-state index contributed by atoms with van der Waals surface area (Å²) in [5, 5.41) is 0. The van der Waals surface area contributed by atoms with Gasteiger partial charge in [-0.25, -0.2) is 9.97 Å². The van der Waals surface area contributed by atoms with E-state index in [1.807, 2.05) is 24.3 Å². The molecule has 0 saturated carbocycles. The molecule has 0 aromatic carbocycles. The molecule has 0 amide bonds. The molecule has 2 aliphatic heterocycles. The molecular formula is C25H23ClN4. The van der Waals surface area contributed by atoms with Crippen molar-refractivity contribution in [3.8, 4) is 0 Å². The number of aromatic amines is 2. The van der Waals surface area contributed by atoms with Crippen molar-refractivity contribution < 1.29 is 0 Å². The molecule has 8 bridgehead atoms. The lowest BCUT2D eigenvalue weighted by Crippen LogP contribution is -1.85. The van der Waals surface area contributed by atoms with Gasteiger partial charge in [-0.1, -0.05) is 6.42 Å². The molecule has 5 rings (SSSR count). The maximum atomic E-state index is 5.84. The van der Waals surface area contributed by atoms with Crippen LogP contribution < -0.4 is 0 Å². The number of unbranched alkanes of at least 4 members (excludes halogenated alkanes) is 2. The number of H-pyrrole nitrogens is 2. The number of rotatable bonds is 5. The molecular weight excluding hydrogens is 392 g/mol. The summed E-state index contributed by atoms with van der Waals surface area (Å²) in [6, 6.07) is 14.8. The number of nitrogens with one attached hydrogen (secondary N) is 2. The third-order valence-corrected chi connectivity index (χ3v) is 5.60. The molecule has 0 radical (unpaired) electrons. The van der Waals surface area contributed by atoms with Gasteiger partial charge in [-0.05, 0) is 91.6 Å². The van der Waals surface area contributed by atoms with Crippen molar-refractivity contribution in [1.82, 2.24) is 19.9 Å². The second-order valence-electron chi connectivity index (χ2n) is 7.70. The number of aromatic nitrogens is 4. The highest BCUT2D eigenvalue weighted by Gasteiger charge is 2.05. The zero-order valence-corrected chi connectivity index (χ0v) is 17.4. The van der Waals surface area contributed by atoms with Crippen LogP contribution in [-0.2, 0) is 6.42 Å². The lowest BCUT2D eigenvalue weighted by atomic mass is 10.1. The van der Waals surface area contributed by atoms with Crippen LogP contribution in [0.3, 0.4) is 0 Å². The minimum atomic E-state index is 0.730. The Labute approximate surface area is 180 Å². The van der Waals surface area contributed by atoms with E-state index in [1.165, 1.54) is 5.56 Å². The van der Waals surface area contributed by atoms with Crippen molar-refractivity contribution in [3.05, 3.63) is 70.8 Å². The molecule has 0 saturated heterocycles. The van der Waals surface area contributed by atoms with Gasteiger partial charge in [-0.2, -0.15) is 0 Å². The average molecular weight is 415 g/mol. The molecule has 3 aromatic rings. The molecule has 0 unspecified atom stereocenters. The highest BCUT2D eigenvalue weighted by atomic mass is 35.5. The molecule has 5 heterocycles.